The van der Waals surface area contributed by atoms with Gasteiger partial charge in [0, 0.05) is 24.9 Å². The molecule has 0 bridgehead atoms. The Labute approximate surface area is 234 Å². The largest absolute Gasteiger partial charge is 0.493 e. The smallest absolute Gasteiger partial charge is 0.303 e. The topological polar surface area (TPSA) is 106 Å². The third-order valence-electron chi connectivity index (χ3n) is 5.88. The van der Waals surface area contributed by atoms with Crippen LogP contribution in [0, 0.1) is 6.92 Å². The maximum Gasteiger partial charge on any atom is 0.303 e. The van der Waals surface area contributed by atoms with E-state index in [0.29, 0.717) is 31.1 Å². The fourth-order valence-electron chi connectivity index (χ4n) is 4.01. The molecule has 0 fully saturated rings. The molecule has 0 spiro atoms. The summed E-state index contributed by atoms with van der Waals surface area (Å²) in [6.07, 6.45) is 2.23. The highest BCUT2D eigenvalue weighted by molar-refractivity contribution is 7.93. The number of carbonyl (C=O) groups is 1. The number of rotatable bonds is 14. The summed E-state index contributed by atoms with van der Waals surface area (Å²) in [6.45, 7) is 6.29. The summed E-state index contributed by atoms with van der Waals surface area (Å²) in [5, 5.41) is 13.2. The SMILES string of the molecule is CCON=Cc1ccc(CCOc2cc(C)cc(N(C(C)CCC(=O)O)S(=O)(=O)c3ccccc3Cl)c2)cc1. The first-order valence-electron chi connectivity index (χ1n) is 12.6. The third kappa shape index (κ3) is 8.46. The van der Waals surface area contributed by atoms with Crippen LogP contribution in [0.15, 0.2) is 76.8 Å². The maximum absolute atomic E-state index is 13.8. The average Bonchev–Trinajstić information content (AvgIpc) is 2.88. The predicted molar refractivity (Wildman–Crippen MR) is 153 cm³/mol. The summed E-state index contributed by atoms with van der Waals surface area (Å²) in [6, 6.07) is 18.6. The first-order valence-corrected chi connectivity index (χ1v) is 14.4. The number of halogens is 1. The van der Waals surface area contributed by atoms with E-state index in [2.05, 4.69) is 5.16 Å². The Morgan fingerprint density at radius 3 is 2.51 bits per heavy atom. The summed E-state index contributed by atoms with van der Waals surface area (Å²) in [5.41, 5.74) is 3.17. The van der Waals surface area contributed by atoms with Crippen molar-refractivity contribution in [3.05, 3.63) is 88.4 Å². The van der Waals surface area contributed by atoms with Crippen LogP contribution >= 0.6 is 11.6 Å². The van der Waals surface area contributed by atoms with Gasteiger partial charge in [0.2, 0.25) is 0 Å². The van der Waals surface area contributed by atoms with Crippen molar-refractivity contribution in [2.75, 3.05) is 17.5 Å². The minimum Gasteiger partial charge on any atom is -0.493 e. The zero-order chi connectivity index (χ0) is 28.4. The molecule has 10 heteroatoms. The molecular weight excluding hydrogens is 540 g/mol. The van der Waals surface area contributed by atoms with Gasteiger partial charge in [0.1, 0.15) is 17.3 Å². The third-order valence-corrected chi connectivity index (χ3v) is 8.33. The molecule has 208 valence electrons. The fourth-order valence-corrected chi connectivity index (χ4v) is 6.18. The van der Waals surface area contributed by atoms with Crippen LogP contribution in [0.2, 0.25) is 5.02 Å². The number of oxime groups is 1. The van der Waals surface area contributed by atoms with Crippen molar-refractivity contribution in [1.82, 2.24) is 0 Å². The number of aliphatic carboxylic acids is 1. The van der Waals surface area contributed by atoms with E-state index < -0.39 is 22.0 Å². The van der Waals surface area contributed by atoms with Gasteiger partial charge in [-0.2, -0.15) is 0 Å². The summed E-state index contributed by atoms with van der Waals surface area (Å²) in [5.74, 6) is -0.491. The molecule has 0 amide bonds. The molecule has 3 aromatic rings. The van der Waals surface area contributed by atoms with E-state index in [4.69, 9.17) is 21.2 Å². The van der Waals surface area contributed by atoms with Crippen molar-refractivity contribution in [3.8, 4) is 5.75 Å². The first-order chi connectivity index (χ1) is 18.6. The zero-order valence-corrected chi connectivity index (χ0v) is 23.8. The van der Waals surface area contributed by atoms with Gasteiger partial charge in [-0.05, 0) is 68.1 Å². The van der Waals surface area contributed by atoms with E-state index in [9.17, 15) is 18.3 Å². The Morgan fingerprint density at radius 2 is 1.85 bits per heavy atom. The van der Waals surface area contributed by atoms with Crippen LogP contribution in [-0.2, 0) is 26.1 Å². The lowest BCUT2D eigenvalue weighted by molar-refractivity contribution is -0.137. The average molecular weight is 573 g/mol. The molecule has 8 nitrogen and oxygen atoms in total. The molecule has 0 aliphatic carbocycles. The Hall–Kier alpha value is -3.56. The van der Waals surface area contributed by atoms with E-state index in [1.807, 2.05) is 44.2 Å². The van der Waals surface area contributed by atoms with Gasteiger partial charge in [0.15, 0.2) is 0 Å². The van der Waals surface area contributed by atoms with Crippen LogP contribution in [0.4, 0.5) is 5.69 Å². The van der Waals surface area contributed by atoms with Gasteiger partial charge in [0.05, 0.1) is 23.5 Å². The van der Waals surface area contributed by atoms with Crippen LogP contribution in [0.1, 0.15) is 43.4 Å². The normalized spacial score (nSPS) is 12.3. The van der Waals surface area contributed by atoms with Crippen LogP contribution in [0.3, 0.4) is 0 Å². The van der Waals surface area contributed by atoms with Crippen molar-refractivity contribution in [2.24, 2.45) is 5.16 Å². The summed E-state index contributed by atoms with van der Waals surface area (Å²) < 4.78 is 34.9. The monoisotopic (exact) mass is 572 g/mol. The standard InChI is InChI=1S/C29H33ClN2O6S/c1-4-38-31-20-24-12-10-23(11-13-24)15-16-37-26-18-21(2)17-25(19-26)32(22(3)9-14-29(33)34)39(35,36)28-8-6-5-7-27(28)30/h5-8,10-13,17-20,22H,4,9,14-16H2,1-3H3,(H,33,34). The molecule has 39 heavy (non-hydrogen) atoms. The highest BCUT2D eigenvalue weighted by atomic mass is 35.5. The molecule has 0 saturated heterocycles. The minimum atomic E-state index is -4.11. The quantitative estimate of drug-likeness (QED) is 0.185. The molecular formula is C29H33ClN2O6S. The Bertz CT molecular complexity index is 1390. The Morgan fingerprint density at radius 1 is 1.13 bits per heavy atom. The number of hydrogen-bond acceptors (Lipinski definition) is 6. The highest BCUT2D eigenvalue weighted by Crippen LogP contribution is 2.34. The second-order valence-corrected chi connectivity index (χ2v) is 11.2. The number of benzene rings is 3. The van der Waals surface area contributed by atoms with Crippen molar-refractivity contribution in [2.45, 2.75) is 51.0 Å². The van der Waals surface area contributed by atoms with E-state index in [-0.39, 0.29) is 22.8 Å². The molecule has 1 N–H and O–H groups in total. The number of sulfonamides is 1. The second kappa shape index (κ2) is 14.0. The number of carboxylic acids is 1. The lowest BCUT2D eigenvalue weighted by atomic mass is 10.1. The van der Waals surface area contributed by atoms with Gasteiger partial charge in [-0.25, -0.2) is 8.42 Å². The molecule has 0 heterocycles. The predicted octanol–water partition coefficient (Wildman–Crippen LogP) is 6.09. The molecule has 0 aliphatic rings. The molecule has 0 aromatic heterocycles. The molecule has 0 radical (unpaired) electrons. The number of hydrogen-bond donors (Lipinski definition) is 1. The summed E-state index contributed by atoms with van der Waals surface area (Å²) >= 11 is 6.27. The number of anilines is 1. The zero-order valence-electron chi connectivity index (χ0n) is 22.2. The van der Waals surface area contributed by atoms with Crippen LogP contribution < -0.4 is 9.04 Å². The van der Waals surface area contributed by atoms with Gasteiger partial charge in [0.25, 0.3) is 10.0 Å². The van der Waals surface area contributed by atoms with E-state index in [1.54, 1.807) is 37.4 Å². The number of nitrogens with zero attached hydrogens (tertiary/aromatic N) is 2. The van der Waals surface area contributed by atoms with Crippen molar-refractivity contribution >= 4 is 39.5 Å². The van der Waals surface area contributed by atoms with Crippen molar-refractivity contribution < 1.29 is 27.9 Å². The molecule has 3 rings (SSSR count). The van der Waals surface area contributed by atoms with Crippen molar-refractivity contribution in [1.29, 1.82) is 0 Å². The fraction of sp³-hybridized carbons (Fsp3) is 0.310. The Balaban J connectivity index is 1.83. The molecule has 1 atom stereocenters. The molecule has 0 aliphatic heterocycles. The first kappa shape index (κ1) is 30.0. The number of aryl methyl sites for hydroxylation is 1. The lowest BCUT2D eigenvalue weighted by Gasteiger charge is -2.31. The van der Waals surface area contributed by atoms with Gasteiger partial charge >= 0.3 is 5.97 Å². The van der Waals surface area contributed by atoms with E-state index in [1.165, 1.54) is 16.4 Å². The maximum atomic E-state index is 13.8. The molecule has 0 saturated carbocycles. The van der Waals surface area contributed by atoms with Gasteiger partial charge in [-0.15, -0.1) is 0 Å². The number of carboxylic acid groups (broad SMARTS) is 1. The highest BCUT2D eigenvalue weighted by Gasteiger charge is 2.31. The number of ether oxygens (including phenoxy) is 1. The lowest BCUT2D eigenvalue weighted by Crippen LogP contribution is -2.39. The summed E-state index contributed by atoms with van der Waals surface area (Å²) in [7, 11) is -4.11. The van der Waals surface area contributed by atoms with E-state index >= 15 is 0 Å². The van der Waals surface area contributed by atoms with Crippen molar-refractivity contribution in [3.63, 3.8) is 0 Å². The molecule has 1 unspecified atom stereocenters. The van der Waals surface area contributed by atoms with Gasteiger partial charge in [-0.1, -0.05) is 53.2 Å². The minimum absolute atomic E-state index is 0.0486. The van der Waals surface area contributed by atoms with Gasteiger partial charge < -0.3 is 14.7 Å². The van der Waals surface area contributed by atoms with Crippen LogP contribution in [0.5, 0.6) is 5.75 Å². The van der Waals surface area contributed by atoms with E-state index in [0.717, 1.165) is 16.7 Å². The van der Waals surface area contributed by atoms with Crippen LogP contribution in [0.25, 0.3) is 0 Å². The summed E-state index contributed by atoms with van der Waals surface area (Å²) in [4.78, 5) is 16.2. The van der Waals surface area contributed by atoms with Gasteiger partial charge in [-0.3, -0.25) is 9.10 Å². The second-order valence-electron chi connectivity index (χ2n) is 9.01. The van der Waals surface area contributed by atoms with Crippen LogP contribution in [-0.4, -0.2) is 45.0 Å². The Kier molecular flexibility index (Phi) is 10.8. The molecule has 3 aromatic carbocycles.